The molecule has 0 amide bonds. The van der Waals surface area contributed by atoms with Crippen molar-refractivity contribution < 1.29 is 9.15 Å². The number of hydrogen-bond acceptors (Lipinski definition) is 5. The summed E-state index contributed by atoms with van der Waals surface area (Å²) in [7, 11) is 0. The fraction of sp³-hybridized carbons (Fsp3) is 0.381. The molecule has 0 aliphatic heterocycles. The smallest absolute Gasteiger partial charge is 0.337 e. The molecule has 1 aliphatic carbocycles. The number of aromatic nitrogens is 2. The van der Waals surface area contributed by atoms with E-state index in [0.717, 1.165) is 47.4 Å². The monoisotopic (exact) mass is 350 g/mol. The molecule has 0 spiro atoms. The van der Waals surface area contributed by atoms with Gasteiger partial charge in [0.15, 0.2) is 0 Å². The molecular formula is C21H22N2O3. The van der Waals surface area contributed by atoms with Gasteiger partial charge >= 0.3 is 11.6 Å². The highest BCUT2D eigenvalue weighted by Gasteiger charge is 2.23. The molecule has 134 valence electrons. The van der Waals surface area contributed by atoms with E-state index >= 15 is 0 Å². The zero-order valence-electron chi connectivity index (χ0n) is 14.9. The van der Waals surface area contributed by atoms with Crippen LogP contribution < -0.4 is 10.4 Å². The number of ether oxygens (including phenoxy) is 1. The maximum atomic E-state index is 11.9. The molecule has 5 heteroatoms. The Balaban J connectivity index is 1.69. The van der Waals surface area contributed by atoms with Gasteiger partial charge in [0.25, 0.3) is 0 Å². The lowest BCUT2D eigenvalue weighted by Gasteiger charge is -2.11. The van der Waals surface area contributed by atoms with Crippen LogP contribution in [0.2, 0.25) is 0 Å². The van der Waals surface area contributed by atoms with E-state index in [9.17, 15) is 4.79 Å². The molecule has 2 heterocycles. The van der Waals surface area contributed by atoms with Crippen molar-refractivity contribution in [2.75, 3.05) is 0 Å². The van der Waals surface area contributed by atoms with Crippen LogP contribution in [0.1, 0.15) is 43.0 Å². The van der Waals surface area contributed by atoms with Crippen molar-refractivity contribution in [1.29, 1.82) is 0 Å². The number of fused-ring (bicyclic) bond motifs is 1. The molecule has 1 aromatic carbocycles. The van der Waals surface area contributed by atoms with Crippen molar-refractivity contribution in [2.24, 2.45) is 5.92 Å². The largest absolute Gasteiger partial charge is 0.458 e. The van der Waals surface area contributed by atoms with Gasteiger partial charge in [-0.25, -0.2) is 4.79 Å². The van der Waals surface area contributed by atoms with Gasteiger partial charge in [-0.15, -0.1) is 0 Å². The molecule has 3 aromatic rings. The Kier molecular flexibility index (Phi) is 4.69. The number of aryl methyl sites for hydroxylation is 2. The second-order valence-corrected chi connectivity index (χ2v) is 6.83. The molecule has 26 heavy (non-hydrogen) atoms. The maximum absolute atomic E-state index is 11.9. The van der Waals surface area contributed by atoms with Crippen LogP contribution in [0.15, 0.2) is 45.6 Å². The SMILES string of the molecule is CCc1cc(=O)oc2nc(OCc3ccccc3)nc(CCC3CC3)c12. The Morgan fingerprint density at radius 1 is 1.19 bits per heavy atom. The van der Waals surface area contributed by atoms with E-state index in [1.165, 1.54) is 12.8 Å². The lowest BCUT2D eigenvalue weighted by atomic mass is 10.0. The van der Waals surface area contributed by atoms with E-state index in [2.05, 4.69) is 9.97 Å². The lowest BCUT2D eigenvalue weighted by Crippen LogP contribution is -2.08. The zero-order chi connectivity index (χ0) is 17.9. The first-order valence-electron chi connectivity index (χ1n) is 9.23. The van der Waals surface area contributed by atoms with Gasteiger partial charge in [0.2, 0.25) is 5.71 Å². The molecule has 0 N–H and O–H groups in total. The second-order valence-electron chi connectivity index (χ2n) is 6.83. The zero-order valence-corrected chi connectivity index (χ0v) is 14.9. The number of rotatable bonds is 7. The van der Waals surface area contributed by atoms with Crippen LogP contribution in [0.4, 0.5) is 0 Å². The average Bonchev–Trinajstić information content (AvgIpc) is 3.48. The fourth-order valence-electron chi connectivity index (χ4n) is 3.19. The summed E-state index contributed by atoms with van der Waals surface area (Å²) < 4.78 is 11.2. The normalized spacial score (nSPS) is 13.9. The topological polar surface area (TPSA) is 65.2 Å². The molecule has 0 unspecified atom stereocenters. The summed E-state index contributed by atoms with van der Waals surface area (Å²) >= 11 is 0. The standard InChI is InChI=1S/C21H22N2O3/c1-2-16-12-18(24)26-20-19(16)17(11-10-14-8-9-14)22-21(23-20)25-13-15-6-4-3-5-7-15/h3-7,12,14H,2,8-11,13H2,1H3. The van der Waals surface area contributed by atoms with Crippen LogP contribution in [0, 0.1) is 5.92 Å². The Hall–Kier alpha value is -2.69. The molecule has 0 radical (unpaired) electrons. The molecule has 0 atom stereocenters. The lowest BCUT2D eigenvalue weighted by molar-refractivity contribution is 0.279. The summed E-state index contributed by atoms with van der Waals surface area (Å²) in [6, 6.07) is 11.7. The first kappa shape index (κ1) is 16.8. The van der Waals surface area contributed by atoms with Gasteiger partial charge in [-0.2, -0.15) is 9.97 Å². The van der Waals surface area contributed by atoms with E-state index in [1.54, 1.807) is 6.07 Å². The Morgan fingerprint density at radius 3 is 2.73 bits per heavy atom. The van der Waals surface area contributed by atoms with Crippen molar-refractivity contribution in [1.82, 2.24) is 9.97 Å². The second kappa shape index (κ2) is 7.28. The van der Waals surface area contributed by atoms with Crippen molar-refractivity contribution in [2.45, 2.75) is 45.6 Å². The molecule has 1 saturated carbocycles. The van der Waals surface area contributed by atoms with Crippen LogP contribution in [-0.2, 0) is 19.4 Å². The number of hydrogen-bond donors (Lipinski definition) is 0. The van der Waals surface area contributed by atoms with Gasteiger partial charge in [-0.3, -0.25) is 0 Å². The van der Waals surface area contributed by atoms with E-state index in [1.807, 2.05) is 37.3 Å². The predicted molar refractivity (Wildman–Crippen MR) is 99.3 cm³/mol. The third-order valence-electron chi connectivity index (χ3n) is 4.82. The van der Waals surface area contributed by atoms with Crippen LogP contribution in [-0.4, -0.2) is 9.97 Å². The first-order chi connectivity index (χ1) is 12.7. The molecule has 5 nitrogen and oxygen atoms in total. The maximum Gasteiger partial charge on any atom is 0.337 e. The summed E-state index contributed by atoms with van der Waals surface area (Å²) in [4.78, 5) is 20.9. The Labute approximate surface area is 152 Å². The minimum absolute atomic E-state index is 0.267. The number of nitrogens with zero attached hydrogens (tertiary/aromatic N) is 2. The highest BCUT2D eigenvalue weighted by molar-refractivity contribution is 5.79. The third-order valence-corrected chi connectivity index (χ3v) is 4.82. The average molecular weight is 350 g/mol. The van der Waals surface area contributed by atoms with Gasteiger partial charge in [-0.05, 0) is 36.3 Å². The quantitative estimate of drug-likeness (QED) is 0.643. The van der Waals surface area contributed by atoms with Crippen molar-refractivity contribution in [3.8, 4) is 6.01 Å². The van der Waals surface area contributed by atoms with Crippen LogP contribution in [0.25, 0.3) is 11.1 Å². The minimum Gasteiger partial charge on any atom is -0.458 e. The van der Waals surface area contributed by atoms with E-state index in [-0.39, 0.29) is 11.6 Å². The molecule has 4 rings (SSSR count). The highest BCUT2D eigenvalue weighted by atomic mass is 16.5. The Bertz CT molecular complexity index is 962. The van der Waals surface area contributed by atoms with Crippen LogP contribution in [0.3, 0.4) is 0 Å². The molecule has 1 fully saturated rings. The van der Waals surface area contributed by atoms with Crippen molar-refractivity contribution in [3.05, 3.63) is 63.6 Å². The van der Waals surface area contributed by atoms with Gasteiger partial charge in [0, 0.05) is 6.07 Å². The summed E-state index contributed by atoms with van der Waals surface area (Å²) in [6.45, 7) is 2.41. The van der Waals surface area contributed by atoms with Gasteiger partial charge in [-0.1, -0.05) is 50.1 Å². The summed E-state index contributed by atoms with van der Waals surface area (Å²) in [6.07, 6.45) is 5.30. The highest BCUT2D eigenvalue weighted by Crippen LogP contribution is 2.34. The molecule has 1 aliphatic rings. The molecule has 0 saturated heterocycles. The summed E-state index contributed by atoms with van der Waals surface area (Å²) in [5.74, 6) is 0.800. The van der Waals surface area contributed by atoms with Crippen molar-refractivity contribution in [3.63, 3.8) is 0 Å². The van der Waals surface area contributed by atoms with E-state index in [4.69, 9.17) is 9.15 Å². The number of benzene rings is 1. The first-order valence-corrected chi connectivity index (χ1v) is 9.23. The summed E-state index contributed by atoms with van der Waals surface area (Å²) in [5, 5.41) is 0.875. The van der Waals surface area contributed by atoms with Crippen LogP contribution in [0.5, 0.6) is 6.01 Å². The van der Waals surface area contributed by atoms with E-state index in [0.29, 0.717) is 12.3 Å². The molecule has 0 bridgehead atoms. The van der Waals surface area contributed by atoms with Gasteiger partial charge in [0.05, 0.1) is 11.1 Å². The van der Waals surface area contributed by atoms with Gasteiger partial charge < -0.3 is 9.15 Å². The van der Waals surface area contributed by atoms with Crippen LogP contribution >= 0.6 is 0 Å². The predicted octanol–water partition coefficient (Wildman–Crippen LogP) is 4.07. The summed E-state index contributed by atoms with van der Waals surface area (Å²) in [5.41, 5.74) is 2.86. The Morgan fingerprint density at radius 2 is 2.00 bits per heavy atom. The molecule has 2 aromatic heterocycles. The molecular weight excluding hydrogens is 328 g/mol. The minimum atomic E-state index is -0.379. The fourth-order valence-corrected chi connectivity index (χ4v) is 3.19. The third kappa shape index (κ3) is 3.77. The van der Waals surface area contributed by atoms with E-state index < -0.39 is 0 Å². The van der Waals surface area contributed by atoms with Gasteiger partial charge in [0.1, 0.15) is 6.61 Å². The van der Waals surface area contributed by atoms with Crippen molar-refractivity contribution >= 4 is 11.1 Å².